The maximum Gasteiger partial charge on any atom is 0.255 e. The van der Waals surface area contributed by atoms with Gasteiger partial charge in [0, 0.05) is 34.9 Å². The molecule has 1 saturated carbocycles. The van der Waals surface area contributed by atoms with E-state index in [9.17, 15) is 20.1 Å². The van der Waals surface area contributed by atoms with Crippen LogP contribution in [0, 0.1) is 11.3 Å². The fourth-order valence-electron chi connectivity index (χ4n) is 6.35. The third kappa shape index (κ3) is 6.40. The van der Waals surface area contributed by atoms with Gasteiger partial charge in [-0.05, 0) is 89.3 Å². The van der Waals surface area contributed by atoms with Crippen LogP contribution in [0.4, 0.5) is 5.69 Å². The molecule has 1 aliphatic heterocycles. The summed E-state index contributed by atoms with van der Waals surface area (Å²) in [5.41, 5.74) is 3.59. The summed E-state index contributed by atoms with van der Waals surface area (Å²) in [4.78, 5) is 13.3. The van der Waals surface area contributed by atoms with Crippen molar-refractivity contribution in [3.8, 4) is 23.0 Å². The molecule has 1 amide bonds. The minimum Gasteiger partial charge on any atom is -0.507 e. The monoisotopic (exact) mass is 563 g/mol. The van der Waals surface area contributed by atoms with E-state index in [0.717, 1.165) is 24.8 Å². The number of benzene rings is 2. The second-order valence-corrected chi connectivity index (χ2v) is 12.7. The largest absolute Gasteiger partial charge is 0.507 e. The van der Waals surface area contributed by atoms with Crippen LogP contribution >= 0.6 is 0 Å². The number of allylic oxidation sites excluding steroid dienone is 4. The number of hydrogen-bond acceptors (Lipinski definition) is 6. The number of ether oxygens (including phenoxy) is 2. The number of amides is 1. The average molecular weight is 564 g/mol. The van der Waals surface area contributed by atoms with Crippen molar-refractivity contribution in [3.05, 3.63) is 64.3 Å². The highest BCUT2D eigenvalue weighted by Crippen LogP contribution is 2.55. The highest BCUT2D eigenvalue weighted by molar-refractivity contribution is 6.05. The molecule has 0 spiro atoms. The number of hydrogen-bond donors (Lipinski definition) is 4. The van der Waals surface area contributed by atoms with Crippen molar-refractivity contribution in [1.29, 1.82) is 0 Å². The van der Waals surface area contributed by atoms with Gasteiger partial charge in [-0.2, -0.15) is 0 Å². The molecule has 0 radical (unpaired) electrons. The zero-order chi connectivity index (χ0) is 30.1. The summed E-state index contributed by atoms with van der Waals surface area (Å²) in [6.07, 6.45) is 8.07. The first-order valence-corrected chi connectivity index (χ1v) is 14.5. The van der Waals surface area contributed by atoms with Crippen LogP contribution in [0.1, 0.15) is 88.7 Å². The number of carbonyl (C=O) groups excluding carboxylic acids is 1. The number of aliphatic hydroxyl groups is 1. The number of aliphatic hydroxyl groups excluding tert-OH is 1. The molecule has 1 heterocycles. The molecule has 0 aromatic heterocycles. The lowest BCUT2D eigenvalue weighted by Crippen LogP contribution is -2.58. The van der Waals surface area contributed by atoms with Crippen molar-refractivity contribution < 1.29 is 29.6 Å². The zero-order valence-electron chi connectivity index (χ0n) is 25.4. The van der Waals surface area contributed by atoms with Crippen molar-refractivity contribution in [2.75, 3.05) is 12.4 Å². The third-order valence-electron chi connectivity index (χ3n) is 8.99. The second kappa shape index (κ2) is 11.8. The SMILES string of the molecule is COc1cc(C(=O)Nc2cc(O)c(C/C=C(\C)CCC=C(C)C)c(O)c2)cc2c1O[C@]1(C)CC[C@@H](O)C(C)(C)[C@H]1C2. The lowest BCUT2D eigenvalue weighted by Gasteiger charge is -2.55. The summed E-state index contributed by atoms with van der Waals surface area (Å²) in [5, 5.41) is 34.8. The van der Waals surface area contributed by atoms with E-state index in [1.807, 2.05) is 13.0 Å². The Bertz CT molecular complexity index is 1350. The van der Waals surface area contributed by atoms with Gasteiger partial charge in [0.2, 0.25) is 0 Å². The Balaban J connectivity index is 1.53. The maximum absolute atomic E-state index is 13.3. The van der Waals surface area contributed by atoms with Gasteiger partial charge in [-0.15, -0.1) is 0 Å². The molecule has 0 unspecified atom stereocenters. The Hall–Kier alpha value is -3.45. The fourth-order valence-corrected chi connectivity index (χ4v) is 6.35. The smallest absolute Gasteiger partial charge is 0.255 e. The van der Waals surface area contributed by atoms with Crippen LogP contribution < -0.4 is 14.8 Å². The van der Waals surface area contributed by atoms with Crippen LogP contribution in [0.3, 0.4) is 0 Å². The average Bonchev–Trinajstić information content (AvgIpc) is 2.89. The van der Waals surface area contributed by atoms with Crippen LogP contribution in [0.25, 0.3) is 0 Å². The van der Waals surface area contributed by atoms with Gasteiger partial charge in [-0.1, -0.05) is 37.1 Å². The van der Waals surface area contributed by atoms with Gasteiger partial charge in [-0.3, -0.25) is 4.79 Å². The van der Waals surface area contributed by atoms with E-state index in [4.69, 9.17) is 9.47 Å². The van der Waals surface area contributed by atoms with Gasteiger partial charge in [0.15, 0.2) is 11.5 Å². The second-order valence-electron chi connectivity index (χ2n) is 12.7. The molecule has 3 atom stereocenters. The van der Waals surface area contributed by atoms with E-state index in [-0.39, 0.29) is 28.5 Å². The van der Waals surface area contributed by atoms with E-state index in [1.165, 1.54) is 23.3 Å². The standard InChI is InChI=1S/C34H45NO6/c1-20(2)9-8-10-21(3)11-12-25-26(36)18-24(19-27(25)37)35-32(39)23-15-22-17-29-33(4,5)30(38)13-14-34(29,6)41-31(22)28(16-23)40-7/h9,11,15-16,18-19,29-30,36-38H,8,10,12-14,17H2,1-7H3,(H,35,39)/b21-11+/t29-,30-,34-/m1/s1. The summed E-state index contributed by atoms with van der Waals surface area (Å²) in [7, 11) is 1.55. The summed E-state index contributed by atoms with van der Waals surface area (Å²) < 4.78 is 12.2. The summed E-state index contributed by atoms with van der Waals surface area (Å²) >= 11 is 0. The van der Waals surface area contributed by atoms with Gasteiger partial charge >= 0.3 is 0 Å². The predicted octanol–water partition coefficient (Wildman–Crippen LogP) is 7.08. The molecular formula is C34H45NO6. The number of nitrogens with one attached hydrogen (secondary N) is 1. The van der Waals surface area contributed by atoms with Gasteiger partial charge in [0.05, 0.1) is 13.2 Å². The van der Waals surface area contributed by atoms with Gasteiger partial charge in [0.25, 0.3) is 5.91 Å². The number of fused-ring (bicyclic) bond motifs is 2. The molecular weight excluding hydrogens is 518 g/mol. The maximum atomic E-state index is 13.3. The van der Waals surface area contributed by atoms with Gasteiger partial charge < -0.3 is 30.1 Å². The minimum absolute atomic E-state index is 0.0561. The lowest BCUT2D eigenvalue weighted by atomic mass is 9.57. The van der Waals surface area contributed by atoms with Crippen LogP contribution in [0.15, 0.2) is 47.6 Å². The quantitative estimate of drug-likeness (QED) is 0.256. The van der Waals surface area contributed by atoms with Crippen molar-refractivity contribution in [1.82, 2.24) is 0 Å². The van der Waals surface area contributed by atoms with Crippen molar-refractivity contribution in [2.24, 2.45) is 11.3 Å². The number of carbonyl (C=O) groups is 1. The van der Waals surface area contributed by atoms with Crippen molar-refractivity contribution in [3.63, 3.8) is 0 Å². The summed E-state index contributed by atoms with van der Waals surface area (Å²) in [5.74, 6) is 0.609. The predicted molar refractivity (Wildman–Crippen MR) is 162 cm³/mol. The highest BCUT2D eigenvalue weighted by Gasteiger charge is 2.54. The third-order valence-corrected chi connectivity index (χ3v) is 8.99. The first kappa shape index (κ1) is 30.5. The molecule has 222 valence electrons. The Kier molecular flexibility index (Phi) is 8.78. The molecule has 7 nitrogen and oxygen atoms in total. The molecule has 1 fully saturated rings. The molecule has 0 bridgehead atoms. The summed E-state index contributed by atoms with van der Waals surface area (Å²) in [6, 6.07) is 6.36. The van der Waals surface area contributed by atoms with Crippen molar-refractivity contribution in [2.45, 2.75) is 91.8 Å². The van der Waals surface area contributed by atoms with Crippen LogP contribution in [-0.2, 0) is 12.8 Å². The highest BCUT2D eigenvalue weighted by atomic mass is 16.5. The zero-order valence-corrected chi connectivity index (χ0v) is 25.4. The normalized spacial score (nSPS) is 23.1. The number of anilines is 1. The van der Waals surface area contributed by atoms with Crippen molar-refractivity contribution >= 4 is 11.6 Å². The van der Waals surface area contributed by atoms with Gasteiger partial charge in [0.1, 0.15) is 17.1 Å². The first-order valence-electron chi connectivity index (χ1n) is 14.5. The van der Waals surface area contributed by atoms with E-state index in [0.29, 0.717) is 41.9 Å². The number of phenols is 2. The van der Waals surface area contributed by atoms with Crippen LogP contribution in [-0.4, -0.2) is 40.0 Å². The molecule has 4 rings (SSSR count). The Morgan fingerprint density at radius 2 is 1.78 bits per heavy atom. The molecule has 2 aromatic rings. The molecule has 41 heavy (non-hydrogen) atoms. The first-order chi connectivity index (χ1) is 19.2. The lowest BCUT2D eigenvalue weighted by molar-refractivity contribution is -0.138. The number of rotatable bonds is 8. The molecule has 4 N–H and O–H groups in total. The van der Waals surface area contributed by atoms with Crippen LogP contribution in [0.2, 0.25) is 0 Å². The van der Waals surface area contributed by atoms with E-state index in [2.05, 4.69) is 46.0 Å². The van der Waals surface area contributed by atoms with Gasteiger partial charge in [-0.25, -0.2) is 0 Å². The van der Waals surface area contributed by atoms with E-state index >= 15 is 0 Å². The number of methoxy groups -OCH3 is 1. The molecule has 2 aromatic carbocycles. The Labute approximate surface area is 243 Å². The topological polar surface area (TPSA) is 108 Å². The van der Waals surface area contributed by atoms with E-state index in [1.54, 1.807) is 19.2 Å². The Morgan fingerprint density at radius 3 is 2.41 bits per heavy atom. The van der Waals surface area contributed by atoms with E-state index < -0.39 is 17.6 Å². The Morgan fingerprint density at radius 1 is 1.10 bits per heavy atom. The fraction of sp³-hybridized carbons (Fsp3) is 0.500. The number of aromatic hydroxyl groups is 2. The van der Waals surface area contributed by atoms with Crippen LogP contribution in [0.5, 0.6) is 23.0 Å². The molecule has 1 aliphatic carbocycles. The molecule has 7 heteroatoms. The summed E-state index contributed by atoms with van der Waals surface area (Å²) in [6.45, 7) is 12.4. The number of phenolic OH excluding ortho intramolecular Hbond substituents is 2. The molecule has 0 saturated heterocycles. The minimum atomic E-state index is -0.442. The molecule has 2 aliphatic rings.